The molecule has 1 atom stereocenters. The van der Waals surface area contributed by atoms with Crippen LogP contribution in [-0.4, -0.2) is 54.3 Å². The number of benzene rings is 1. The fourth-order valence-corrected chi connectivity index (χ4v) is 3.88. The molecule has 2 aromatic rings. The summed E-state index contributed by atoms with van der Waals surface area (Å²) < 4.78 is 12.7. The lowest BCUT2D eigenvalue weighted by Gasteiger charge is -2.26. The van der Waals surface area contributed by atoms with Crippen molar-refractivity contribution in [3.8, 4) is 5.75 Å². The molecule has 1 saturated heterocycles. The molecule has 7 heteroatoms. The predicted molar refractivity (Wildman–Crippen MR) is 111 cm³/mol. The molecule has 1 amide bonds. The van der Waals surface area contributed by atoms with Crippen LogP contribution in [0.25, 0.3) is 0 Å². The van der Waals surface area contributed by atoms with Crippen molar-refractivity contribution in [2.45, 2.75) is 32.9 Å². The van der Waals surface area contributed by atoms with E-state index in [1.54, 1.807) is 17.7 Å². The first kappa shape index (κ1) is 19.7. The zero-order valence-electron chi connectivity index (χ0n) is 16.9. The Balaban J connectivity index is 1.49. The summed E-state index contributed by atoms with van der Waals surface area (Å²) >= 11 is 0. The highest BCUT2D eigenvalue weighted by molar-refractivity contribution is 6.05. The Morgan fingerprint density at radius 2 is 2.00 bits per heavy atom. The van der Waals surface area contributed by atoms with E-state index in [1.807, 2.05) is 31.2 Å². The van der Waals surface area contributed by atoms with E-state index in [0.717, 1.165) is 50.6 Å². The van der Waals surface area contributed by atoms with Crippen LogP contribution in [0.3, 0.4) is 0 Å². The molecular formula is C22H27N3O4. The number of carbonyl (C=O) groups excluding carboxylic acids is 1. The first-order valence-corrected chi connectivity index (χ1v) is 10.1. The van der Waals surface area contributed by atoms with Crippen LogP contribution in [0.1, 0.15) is 28.4 Å². The molecule has 4 rings (SSSR count). The number of ether oxygens (including phenoxy) is 2. The van der Waals surface area contributed by atoms with Gasteiger partial charge in [-0.1, -0.05) is 0 Å². The average molecular weight is 397 g/mol. The van der Waals surface area contributed by atoms with E-state index in [9.17, 15) is 9.59 Å². The van der Waals surface area contributed by atoms with Crippen LogP contribution in [-0.2, 0) is 17.7 Å². The van der Waals surface area contributed by atoms with E-state index in [2.05, 4.69) is 10.2 Å². The number of hydrogen-bond donors (Lipinski definition) is 1. The molecule has 0 spiro atoms. The molecule has 1 aromatic carbocycles. The highest BCUT2D eigenvalue weighted by Crippen LogP contribution is 2.31. The molecule has 1 fully saturated rings. The van der Waals surface area contributed by atoms with Crippen LogP contribution in [0.4, 0.5) is 5.69 Å². The van der Waals surface area contributed by atoms with Gasteiger partial charge >= 0.3 is 0 Å². The summed E-state index contributed by atoms with van der Waals surface area (Å²) in [6, 6.07) is 7.43. The molecule has 154 valence electrons. The van der Waals surface area contributed by atoms with Crippen molar-refractivity contribution in [1.29, 1.82) is 0 Å². The molecule has 7 nitrogen and oxygen atoms in total. The number of aryl methyl sites for hydroxylation is 1. The Hall–Kier alpha value is -2.64. The summed E-state index contributed by atoms with van der Waals surface area (Å²) in [5.41, 5.74) is 2.36. The van der Waals surface area contributed by atoms with Gasteiger partial charge in [0.15, 0.2) is 0 Å². The van der Waals surface area contributed by atoms with Crippen molar-refractivity contribution in [1.82, 2.24) is 9.47 Å². The molecule has 0 bridgehead atoms. The largest absolute Gasteiger partial charge is 0.490 e. The molecular weight excluding hydrogens is 370 g/mol. The van der Waals surface area contributed by atoms with Crippen molar-refractivity contribution < 1.29 is 14.3 Å². The number of aromatic nitrogens is 1. The highest BCUT2D eigenvalue weighted by Gasteiger charge is 2.21. The van der Waals surface area contributed by atoms with E-state index >= 15 is 0 Å². The first-order chi connectivity index (χ1) is 14.0. The third-order valence-corrected chi connectivity index (χ3v) is 5.52. The van der Waals surface area contributed by atoms with Gasteiger partial charge in [-0.05, 0) is 49.2 Å². The number of carbonyl (C=O) groups is 1. The molecule has 2 aliphatic heterocycles. The third kappa shape index (κ3) is 4.36. The molecule has 0 saturated carbocycles. The molecule has 2 aliphatic rings. The van der Waals surface area contributed by atoms with Crippen molar-refractivity contribution in [2.75, 3.05) is 38.2 Å². The Morgan fingerprint density at radius 3 is 2.79 bits per heavy atom. The molecule has 0 aliphatic carbocycles. The summed E-state index contributed by atoms with van der Waals surface area (Å²) in [6.07, 6.45) is 2.73. The van der Waals surface area contributed by atoms with Crippen LogP contribution in [0.5, 0.6) is 5.75 Å². The fourth-order valence-electron chi connectivity index (χ4n) is 3.88. The number of nitrogens with zero attached hydrogens (tertiary/aromatic N) is 2. The van der Waals surface area contributed by atoms with E-state index in [4.69, 9.17) is 9.47 Å². The number of amides is 1. The topological polar surface area (TPSA) is 72.8 Å². The number of anilines is 1. The van der Waals surface area contributed by atoms with Crippen molar-refractivity contribution >= 4 is 11.6 Å². The fraction of sp³-hybridized carbons (Fsp3) is 0.455. The van der Waals surface area contributed by atoms with Crippen molar-refractivity contribution in [2.24, 2.45) is 0 Å². The number of morpholine rings is 1. The van der Waals surface area contributed by atoms with E-state index in [-0.39, 0.29) is 23.1 Å². The summed E-state index contributed by atoms with van der Waals surface area (Å²) in [6.45, 7) is 8.31. The maximum atomic E-state index is 13.0. The van der Waals surface area contributed by atoms with E-state index in [1.165, 1.54) is 0 Å². The maximum Gasteiger partial charge on any atom is 0.263 e. The number of hydrogen-bond acceptors (Lipinski definition) is 5. The third-order valence-electron chi connectivity index (χ3n) is 5.52. The first-order valence-electron chi connectivity index (χ1n) is 10.1. The zero-order chi connectivity index (χ0) is 20.4. The highest BCUT2D eigenvalue weighted by atomic mass is 16.5. The monoisotopic (exact) mass is 397 g/mol. The molecule has 3 heterocycles. The van der Waals surface area contributed by atoms with E-state index in [0.29, 0.717) is 17.8 Å². The lowest BCUT2D eigenvalue weighted by Crippen LogP contribution is -2.40. The summed E-state index contributed by atoms with van der Waals surface area (Å²) in [7, 11) is 0. The number of pyridine rings is 1. The van der Waals surface area contributed by atoms with Gasteiger partial charge in [-0.2, -0.15) is 0 Å². The summed E-state index contributed by atoms with van der Waals surface area (Å²) in [4.78, 5) is 28.1. The Morgan fingerprint density at radius 1 is 1.21 bits per heavy atom. The van der Waals surface area contributed by atoms with Gasteiger partial charge in [0.25, 0.3) is 11.5 Å². The van der Waals surface area contributed by atoms with Crippen LogP contribution < -0.4 is 15.6 Å². The number of rotatable bonds is 5. The van der Waals surface area contributed by atoms with Gasteiger partial charge in [0, 0.05) is 44.5 Å². The smallest absolute Gasteiger partial charge is 0.263 e. The van der Waals surface area contributed by atoms with Gasteiger partial charge in [0.1, 0.15) is 17.4 Å². The normalized spacial score (nSPS) is 18.9. The zero-order valence-corrected chi connectivity index (χ0v) is 16.9. The van der Waals surface area contributed by atoms with Crippen LogP contribution in [0.2, 0.25) is 0 Å². The minimum absolute atomic E-state index is 0.144. The second kappa shape index (κ2) is 8.39. The van der Waals surface area contributed by atoms with Crippen molar-refractivity contribution in [3.63, 3.8) is 0 Å². The second-order valence-electron chi connectivity index (χ2n) is 7.74. The molecule has 1 N–H and O–H groups in total. The van der Waals surface area contributed by atoms with Crippen LogP contribution in [0, 0.1) is 6.92 Å². The Labute approximate surface area is 170 Å². The van der Waals surface area contributed by atoms with Crippen LogP contribution in [0.15, 0.2) is 35.3 Å². The summed E-state index contributed by atoms with van der Waals surface area (Å²) in [5, 5.41) is 2.88. The standard InChI is InChI=1S/C22H27N3O4/c1-15-5-6-25(8-7-24-9-11-28-12-10-24)22(27)20(15)21(26)23-18-3-4-19-17(14-18)13-16(2)29-19/h3-6,14,16H,7-13H2,1-2H3,(H,23,26). The molecule has 29 heavy (non-hydrogen) atoms. The van der Waals surface area contributed by atoms with Crippen molar-refractivity contribution in [3.05, 3.63) is 57.5 Å². The number of nitrogens with one attached hydrogen (secondary N) is 1. The van der Waals surface area contributed by atoms with E-state index < -0.39 is 0 Å². The Bertz CT molecular complexity index is 963. The molecule has 1 unspecified atom stereocenters. The van der Waals surface area contributed by atoms with Gasteiger partial charge < -0.3 is 19.4 Å². The summed E-state index contributed by atoms with van der Waals surface area (Å²) in [5.74, 6) is 0.483. The molecule has 1 aromatic heterocycles. The predicted octanol–water partition coefficient (Wildman–Crippen LogP) is 2.06. The minimum Gasteiger partial charge on any atom is -0.490 e. The maximum absolute atomic E-state index is 13.0. The lowest BCUT2D eigenvalue weighted by molar-refractivity contribution is 0.0363. The molecule has 0 radical (unpaired) electrons. The number of fused-ring (bicyclic) bond motifs is 1. The average Bonchev–Trinajstić information content (AvgIpc) is 3.07. The second-order valence-corrected chi connectivity index (χ2v) is 7.74. The van der Waals surface area contributed by atoms with Gasteiger partial charge in [-0.15, -0.1) is 0 Å². The lowest BCUT2D eigenvalue weighted by atomic mass is 10.1. The van der Waals surface area contributed by atoms with Gasteiger partial charge in [0.05, 0.1) is 13.2 Å². The SMILES string of the molecule is Cc1ccn(CCN2CCOCC2)c(=O)c1C(=O)Nc1ccc2c(c1)CC(C)O2. The van der Waals surface area contributed by atoms with Gasteiger partial charge in [-0.25, -0.2) is 0 Å². The van der Waals surface area contributed by atoms with Gasteiger partial charge in [-0.3, -0.25) is 14.5 Å². The minimum atomic E-state index is -0.375. The quantitative estimate of drug-likeness (QED) is 0.836. The Kier molecular flexibility index (Phi) is 5.69. The van der Waals surface area contributed by atoms with Crippen LogP contribution >= 0.6 is 0 Å². The van der Waals surface area contributed by atoms with Gasteiger partial charge in [0.2, 0.25) is 0 Å².